The SMILES string of the molecule is CCCC(COC)OC1CCN(c2c[c]ccc2)CC1. The number of anilines is 1. The van der Waals surface area contributed by atoms with Crippen LogP contribution in [-0.4, -0.2) is 39.0 Å². The molecule has 1 unspecified atom stereocenters. The molecular weight excluding hydrogens is 250 g/mol. The molecule has 2 rings (SSSR count). The lowest BCUT2D eigenvalue weighted by atomic mass is 10.1. The van der Waals surface area contributed by atoms with E-state index in [9.17, 15) is 0 Å². The third-order valence-electron chi connectivity index (χ3n) is 3.85. The minimum Gasteiger partial charge on any atom is -0.382 e. The number of rotatable bonds is 7. The third kappa shape index (κ3) is 4.50. The van der Waals surface area contributed by atoms with Gasteiger partial charge < -0.3 is 14.4 Å². The molecule has 0 saturated carbocycles. The molecule has 0 spiro atoms. The normalized spacial score (nSPS) is 18.2. The van der Waals surface area contributed by atoms with Crippen molar-refractivity contribution in [3.8, 4) is 0 Å². The van der Waals surface area contributed by atoms with Crippen LogP contribution in [0, 0.1) is 6.07 Å². The van der Waals surface area contributed by atoms with Crippen molar-refractivity contribution >= 4 is 5.69 Å². The highest BCUT2D eigenvalue weighted by atomic mass is 16.5. The van der Waals surface area contributed by atoms with Gasteiger partial charge in [0.05, 0.1) is 18.8 Å². The number of hydrogen-bond acceptors (Lipinski definition) is 3. The molecule has 1 atom stereocenters. The van der Waals surface area contributed by atoms with Crippen molar-refractivity contribution in [2.45, 2.75) is 44.8 Å². The predicted molar refractivity (Wildman–Crippen MR) is 82.2 cm³/mol. The van der Waals surface area contributed by atoms with Gasteiger partial charge in [0.1, 0.15) is 0 Å². The Morgan fingerprint density at radius 2 is 2.20 bits per heavy atom. The molecule has 0 amide bonds. The van der Waals surface area contributed by atoms with E-state index in [0.29, 0.717) is 12.7 Å². The standard InChI is InChI=1S/C17H26NO2/c1-3-7-17(14-19-2)20-16-10-12-18(13-11-16)15-8-5-4-6-9-15/h4-5,8-9,16-17H,3,7,10-14H2,1-2H3. The van der Waals surface area contributed by atoms with E-state index in [1.165, 1.54) is 5.69 Å². The summed E-state index contributed by atoms with van der Waals surface area (Å²) in [5.74, 6) is 0. The predicted octanol–water partition coefficient (Wildman–Crippen LogP) is 3.29. The fourth-order valence-corrected chi connectivity index (χ4v) is 2.80. The van der Waals surface area contributed by atoms with Gasteiger partial charge in [-0.1, -0.05) is 25.5 Å². The lowest BCUT2D eigenvalue weighted by Gasteiger charge is -2.35. The molecule has 1 aliphatic heterocycles. The summed E-state index contributed by atoms with van der Waals surface area (Å²) in [7, 11) is 1.75. The van der Waals surface area contributed by atoms with E-state index in [0.717, 1.165) is 38.8 Å². The van der Waals surface area contributed by atoms with Crippen molar-refractivity contribution in [1.82, 2.24) is 0 Å². The summed E-state index contributed by atoms with van der Waals surface area (Å²) in [4.78, 5) is 2.42. The Kier molecular flexibility index (Phi) is 6.34. The molecule has 0 N–H and O–H groups in total. The summed E-state index contributed by atoms with van der Waals surface area (Å²) in [6, 6.07) is 11.4. The summed E-state index contributed by atoms with van der Waals surface area (Å²) in [6.45, 7) is 5.03. The third-order valence-corrected chi connectivity index (χ3v) is 3.85. The van der Waals surface area contributed by atoms with E-state index in [4.69, 9.17) is 9.47 Å². The van der Waals surface area contributed by atoms with Crippen molar-refractivity contribution in [2.24, 2.45) is 0 Å². The van der Waals surface area contributed by atoms with Crippen LogP contribution in [0.4, 0.5) is 5.69 Å². The fraction of sp³-hybridized carbons (Fsp3) is 0.647. The van der Waals surface area contributed by atoms with Gasteiger partial charge in [0.15, 0.2) is 0 Å². The molecule has 3 nitrogen and oxygen atoms in total. The molecule has 1 aliphatic rings. The van der Waals surface area contributed by atoms with Crippen LogP contribution in [0.3, 0.4) is 0 Å². The Bertz CT molecular complexity index is 355. The van der Waals surface area contributed by atoms with Crippen molar-refractivity contribution in [3.05, 3.63) is 30.3 Å². The minimum absolute atomic E-state index is 0.256. The zero-order valence-corrected chi connectivity index (χ0v) is 12.7. The van der Waals surface area contributed by atoms with Crippen LogP contribution in [0.25, 0.3) is 0 Å². The van der Waals surface area contributed by atoms with Crippen LogP contribution in [0.1, 0.15) is 32.6 Å². The van der Waals surface area contributed by atoms with Gasteiger partial charge in [0, 0.05) is 25.9 Å². The maximum Gasteiger partial charge on any atom is 0.0812 e. The van der Waals surface area contributed by atoms with Crippen LogP contribution in [-0.2, 0) is 9.47 Å². The van der Waals surface area contributed by atoms with Gasteiger partial charge in [-0.3, -0.25) is 0 Å². The second-order valence-corrected chi connectivity index (χ2v) is 5.45. The van der Waals surface area contributed by atoms with Crippen LogP contribution in [0.2, 0.25) is 0 Å². The first kappa shape index (κ1) is 15.3. The Labute approximate surface area is 122 Å². The molecule has 3 heteroatoms. The molecule has 1 saturated heterocycles. The molecule has 1 radical (unpaired) electrons. The van der Waals surface area contributed by atoms with Crippen molar-refractivity contribution in [1.29, 1.82) is 0 Å². The van der Waals surface area contributed by atoms with E-state index < -0.39 is 0 Å². The molecule has 0 aliphatic carbocycles. The van der Waals surface area contributed by atoms with E-state index in [1.807, 2.05) is 12.1 Å². The number of piperidine rings is 1. The van der Waals surface area contributed by atoms with Gasteiger partial charge in [-0.25, -0.2) is 0 Å². The molecule has 1 heterocycles. The second-order valence-electron chi connectivity index (χ2n) is 5.45. The number of nitrogens with zero attached hydrogens (tertiary/aromatic N) is 1. The highest BCUT2D eigenvalue weighted by Gasteiger charge is 2.22. The summed E-state index contributed by atoms with van der Waals surface area (Å²) in [5.41, 5.74) is 1.27. The number of benzene rings is 1. The largest absolute Gasteiger partial charge is 0.382 e. The monoisotopic (exact) mass is 276 g/mol. The Morgan fingerprint density at radius 3 is 2.80 bits per heavy atom. The average Bonchev–Trinajstić information content (AvgIpc) is 2.49. The Balaban J connectivity index is 1.79. The van der Waals surface area contributed by atoms with Gasteiger partial charge in [-0.05, 0) is 37.5 Å². The quantitative estimate of drug-likeness (QED) is 0.763. The van der Waals surface area contributed by atoms with Crippen LogP contribution in [0.15, 0.2) is 24.3 Å². The maximum absolute atomic E-state index is 6.20. The van der Waals surface area contributed by atoms with E-state index in [1.54, 1.807) is 7.11 Å². The lowest BCUT2D eigenvalue weighted by Crippen LogP contribution is -2.39. The lowest BCUT2D eigenvalue weighted by molar-refractivity contribution is -0.0597. The van der Waals surface area contributed by atoms with Crippen LogP contribution >= 0.6 is 0 Å². The zero-order valence-electron chi connectivity index (χ0n) is 12.7. The Hall–Kier alpha value is -1.06. The summed E-state index contributed by atoms with van der Waals surface area (Å²) < 4.78 is 11.4. The van der Waals surface area contributed by atoms with Gasteiger partial charge >= 0.3 is 0 Å². The molecule has 0 bridgehead atoms. The second kappa shape index (κ2) is 8.28. The maximum atomic E-state index is 6.20. The van der Waals surface area contributed by atoms with Gasteiger partial charge in [0.25, 0.3) is 0 Å². The first-order valence-corrected chi connectivity index (χ1v) is 7.69. The van der Waals surface area contributed by atoms with E-state index in [2.05, 4.69) is 30.0 Å². The fourth-order valence-electron chi connectivity index (χ4n) is 2.80. The Morgan fingerprint density at radius 1 is 1.40 bits per heavy atom. The van der Waals surface area contributed by atoms with Crippen molar-refractivity contribution in [3.63, 3.8) is 0 Å². The van der Waals surface area contributed by atoms with Gasteiger partial charge in [-0.2, -0.15) is 0 Å². The van der Waals surface area contributed by atoms with Crippen LogP contribution < -0.4 is 4.90 Å². The summed E-state index contributed by atoms with van der Waals surface area (Å²) >= 11 is 0. The molecule has 0 aromatic heterocycles. The van der Waals surface area contributed by atoms with Gasteiger partial charge in [0.2, 0.25) is 0 Å². The minimum atomic E-state index is 0.256. The van der Waals surface area contributed by atoms with Crippen molar-refractivity contribution < 1.29 is 9.47 Å². The molecule has 111 valence electrons. The van der Waals surface area contributed by atoms with E-state index in [-0.39, 0.29) is 6.10 Å². The summed E-state index contributed by atoms with van der Waals surface area (Å²) in [6.07, 6.45) is 5.06. The average molecular weight is 276 g/mol. The molecule has 1 aromatic carbocycles. The number of hydrogen-bond donors (Lipinski definition) is 0. The molecular formula is C17H26NO2. The highest BCUT2D eigenvalue weighted by molar-refractivity contribution is 5.45. The summed E-state index contributed by atoms with van der Waals surface area (Å²) in [5, 5.41) is 0. The van der Waals surface area contributed by atoms with E-state index >= 15 is 0 Å². The zero-order chi connectivity index (χ0) is 14.2. The topological polar surface area (TPSA) is 21.7 Å². The molecule has 1 fully saturated rings. The smallest absolute Gasteiger partial charge is 0.0812 e. The highest BCUT2D eigenvalue weighted by Crippen LogP contribution is 2.22. The number of ether oxygens (including phenoxy) is 2. The molecule has 20 heavy (non-hydrogen) atoms. The van der Waals surface area contributed by atoms with Gasteiger partial charge in [-0.15, -0.1) is 0 Å². The van der Waals surface area contributed by atoms with Crippen LogP contribution in [0.5, 0.6) is 0 Å². The first-order valence-electron chi connectivity index (χ1n) is 7.69. The number of methoxy groups -OCH3 is 1. The van der Waals surface area contributed by atoms with Crippen molar-refractivity contribution in [2.75, 3.05) is 31.7 Å². The first-order chi connectivity index (χ1) is 9.83. The molecule has 1 aromatic rings.